The molecule has 0 spiro atoms. The van der Waals surface area contributed by atoms with Crippen molar-refractivity contribution in [3.63, 3.8) is 0 Å². The number of hydrogen-bond acceptors (Lipinski definition) is 7. The Bertz CT molecular complexity index is 2390. The molecule has 55 heavy (non-hydrogen) atoms. The number of aromatic nitrogens is 2. The third kappa shape index (κ3) is 7.64. The second-order valence-corrected chi connectivity index (χ2v) is 14.1. The summed E-state index contributed by atoms with van der Waals surface area (Å²) in [5, 5.41) is 37.9. The number of hydrogen-bond donors (Lipinski definition) is 5. The molecule has 0 saturated heterocycles. The molecule has 4 aromatic carbocycles. The second-order valence-electron chi connectivity index (χ2n) is 13.3. The number of imidazole rings is 1. The van der Waals surface area contributed by atoms with Crippen LogP contribution in [0.3, 0.4) is 0 Å². The van der Waals surface area contributed by atoms with Crippen LogP contribution >= 0.6 is 23.8 Å². The molecule has 0 unspecified atom stereocenters. The molecule has 5 N–H and O–H groups in total. The monoisotopic (exact) mass is 775 g/mol. The van der Waals surface area contributed by atoms with Crippen LogP contribution in [0, 0.1) is 0 Å². The van der Waals surface area contributed by atoms with Crippen molar-refractivity contribution in [2.24, 2.45) is 0 Å². The molecule has 0 saturated carbocycles. The first-order valence-electron chi connectivity index (χ1n) is 17.9. The smallest absolute Gasteiger partial charge is 0.336 e. The molecule has 0 aliphatic carbocycles. The number of nitrogens with one attached hydrogen (secondary N) is 2. The van der Waals surface area contributed by atoms with E-state index in [1.54, 1.807) is 36.4 Å². The third-order valence-corrected chi connectivity index (χ3v) is 9.92. The number of carbonyl (C=O) groups is 2. The number of fused-ring (bicyclic) bond motifs is 3. The van der Waals surface area contributed by atoms with Gasteiger partial charge in [0.15, 0.2) is 10.8 Å². The van der Waals surface area contributed by atoms with Gasteiger partial charge in [-0.3, -0.25) is 4.79 Å². The number of nitrogens with zero attached hydrogens (tertiary/aromatic N) is 3. The van der Waals surface area contributed by atoms with E-state index in [-0.39, 0.29) is 34.5 Å². The van der Waals surface area contributed by atoms with Gasteiger partial charge in [0.25, 0.3) is 0 Å². The number of thiocarbonyl (C=S) groups is 1. The fourth-order valence-electron chi connectivity index (χ4n) is 7.05. The van der Waals surface area contributed by atoms with Gasteiger partial charge >= 0.3 is 5.97 Å². The minimum absolute atomic E-state index is 0.0114. The van der Waals surface area contributed by atoms with Gasteiger partial charge in [0.05, 0.1) is 29.1 Å². The minimum Gasteiger partial charge on any atom is -0.508 e. The van der Waals surface area contributed by atoms with Crippen molar-refractivity contribution in [2.75, 3.05) is 23.7 Å². The van der Waals surface area contributed by atoms with E-state index in [0.29, 0.717) is 69.0 Å². The molecule has 11 nitrogen and oxygen atoms in total. The topological polar surface area (TPSA) is 149 Å². The van der Waals surface area contributed by atoms with Crippen LogP contribution < -0.4 is 15.4 Å². The average molecular weight is 776 g/mol. The first kappa shape index (κ1) is 37.2. The zero-order valence-corrected chi connectivity index (χ0v) is 31.6. The van der Waals surface area contributed by atoms with Gasteiger partial charge in [0.1, 0.15) is 23.0 Å². The molecule has 7 rings (SSSR count). The van der Waals surface area contributed by atoms with E-state index < -0.39 is 11.9 Å². The maximum absolute atomic E-state index is 13.6. The number of carboxylic acid groups (broad SMARTS) is 1. The highest BCUT2D eigenvalue weighted by Crippen LogP contribution is 2.50. The Hall–Kier alpha value is -6.11. The highest BCUT2D eigenvalue weighted by Gasteiger charge is 2.32. The van der Waals surface area contributed by atoms with E-state index in [9.17, 15) is 24.9 Å². The van der Waals surface area contributed by atoms with Crippen molar-refractivity contribution in [3.05, 3.63) is 130 Å². The van der Waals surface area contributed by atoms with Crippen LogP contribution in [0.4, 0.5) is 11.4 Å². The molecular formula is C42H38ClN5O6S. The number of aromatic hydroxyl groups is 2. The number of carboxylic acids is 1. The number of halogens is 1. The molecule has 0 fully saturated rings. The summed E-state index contributed by atoms with van der Waals surface area (Å²) in [7, 11) is 0. The number of ether oxygens (including phenoxy) is 1. The van der Waals surface area contributed by atoms with Gasteiger partial charge in [-0.2, -0.15) is 0 Å². The van der Waals surface area contributed by atoms with Crippen molar-refractivity contribution >= 4 is 57.8 Å². The van der Waals surface area contributed by atoms with Crippen LogP contribution in [0.25, 0.3) is 16.9 Å². The Morgan fingerprint density at radius 1 is 0.873 bits per heavy atom. The number of pyridine rings is 1. The highest BCUT2D eigenvalue weighted by molar-refractivity contribution is 7.80. The largest absolute Gasteiger partial charge is 0.508 e. The van der Waals surface area contributed by atoms with Gasteiger partial charge in [0, 0.05) is 64.7 Å². The molecule has 0 atom stereocenters. The van der Waals surface area contributed by atoms with Gasteiger partial charge in [-0.15, -0.1) is 0 Å². The highest BCUT2D eigenvalue weighted by atomic mass is 35.5. The normalized spacial score (nSPS) is 12.1. The number of amides is 1. The molecule has 2 aromatic heterocycles. The fraction of sp³-hybridized carbons (Fsp3) is 0.190. The number of phenols is 2. The SMILES string of the molecule is CCCN(CCC)C(=O)Cc1c(-c2ccc(Cl)cc2)nc2c(NC(=S)Nc3ccc(C4c5ccc(O)cc5Oc5cc(O)ccc54)c(C(=O)O)c3)cccn12. The standard InChI is InChI=1S/C42H38ClN5O6S/c1-3-17-47(18-4-2)37(51)23-34-39(24-7-9-25(43)10-8-24)46-40-33(6-5-19-48(34)40)45-42(55)44-26-11-14-29(32(20-26)41(52)53)38-30-15-12-27(49)21-35(30)54-36-22-28(50)13-16-31(36)38/h5-16,19-22,38,49-50H,3-4,17-18,23H2,1-2H3,(H,52,53)(H2,44,45,55). The maximum Gasteiger partial charge on any atom is 0.336 e. The van der Waals surface area contributed by atoms with Crippen molar-refractivity contribution in [2.45, 2.75) is 39.0 Å². The lowest BCUT2D eigenvalue weighted by molar-refractivity contribution is -0.130. The quantitative estimate of drug-likeness (QED) is 0.0806. The maximum atomic E-state index is 13.6. The molecule has 0 radical (unpaired) electrons. The summed E-state index contributed by atoms with van der Waals surface area (Å²) in [6.07, 6.45) is 3.71. The molecule has 13 heteroatoms. The number of phenolic OH excluding ortho intramolecular Hbond substituents is 2. The van der Waals surface area contributed by atoms with Crippen molar-refractivity contribution < 1.29 is 29.6 Å². The van der Waals surface area contributed by atoms with Crippen molar-refractivity contribution in [1.29, 1.82) is 0 Å². The molecule has 1 aliphatic rings. The van der Waals surface area contributed by atoms with E-state index in [1.165, 1.54) is 30.3 Å². The van der Waals surface area contributed by atoms with Crippen LogP contribution in [-0.2, 0) is 11.2 Å². The minimum atomic E-state index is -1.15. The summed E-state index contributed by atoms with van der Waals surface area (Å²) in [5.41, 5.74) is 5.56. The lowest BCUT2D eigenvalue weighted by Crippen LogP contribution is -2.34. The van der Waals surface area contributed by atoms with Gasteiger partial charge in [0.2, 0.25) is 5.91 Å². The van der Waals surface area contributed by atoms with Crippen molar-refractivity contribution in [3.8, 4) is 34.3 Å². The van der Waals surface area contributed by atoms with Crippen LogP contribution in [0.2, 0.25) is 5.02 Å². The first-order chi connectivity index (χ1) is 26.5. The van der Waals surface area contributed by atoms with E-state index in [2.05, 4.69) is 24.5 Å². The molecule has 3 heterocycles. The number of benzene rings is 4. The van der Waals surface area contributed by atoms with Crippen LogP contribution in [0.1, 0.15) is 65.3 Å². The van der Waals surface area contributed by atoms with Gasteiger partial charge < -0.3 is 40.0 Å². The fourth-order valence-corrected chi connectivity index (χ4v) is 7.41. The first-order valence-corrected chi connectivity index (χ1v) is 18.7. The summed E-state index contributed by atoms with van der Waals surface area (Å²) >= 11 is 12.0. The Balaban J connectivity index is 1.20. The Labute approximate surface area is 327 Å². The summed E-state index contributed by atoms with van der Waals surface area (Å²) in [5.74, 6) is -1.03. The Morgan fingerprint density at radius 3 is 2.13 bits per heavy atom. The molecule has 6 aromatic rings. The van der Waals surface area contributed by atoms with E-state index in [0.717, 1.165) is 24.1 Å². The zero-order chi connectivity index (χ0) is 38.8. The summed E-state index contributed by atoms with van der Waals surface area (Å²) in [4.78, 5) is 33.3. The lowest BCUT2D eigenvalue weighted by Gasteiger charge is -2.30. The summed E-state index contributed by atoms with van der Waals surface area (Å²) in [6, 6.07) is 25.3. The van der Waals surface area contributed by atoms with Gasteiger partial charge in [-0.05, 0) is 79.2 Å². The zero-order valence-electron chi connectivity index (χ0n) is 30.0. The predicted molar refractivity (Wildman–Crippen MR) is 217 cm³/mol. The summed E-state index contributed by atoms with van der Waals surface area (Å²) < 4.78 is 7.90. The number of carbonyl (C=O) groups excluding carboxylic acids is 1. The summed E-state index contributed by atoms with van der Waals surface area (Å²) in [6.45, 7) is 5.45. The predicted octanol–water partition coefficient (Wildman–Crippen LogP) is 9.05. The molecular weight excluding hydrogens is 738 g/mol. The van der Waals surface area contributed by atoms with Crippen molar-refractivity contribution in [1.82, 2.24) is 14.3 Å². The number of anilines is 2. The molecule has 1 aliphatic heterocycles. The second kappa shape index (κ2) is 15.7. The lowest BCUT2D eigenvalue weighted by atomic mass is 9.80. The van der Waals surface area contributed by atoms with E-state index >= 15 is 0 Å². The van der Waals surface area contributed by atoms with Gasteiger partial charge in [-0.25, -0.2) is 9.78 Å². The Morgan fingerprint density at radius 2 is 1.51 bits per heavy atom. The van der Waals surface area contributed by atoms with Gasteiger partial charge in [-0.1, -0.05) is 55.8 Å². The van der Waals surface area contributed by atoms with E-state index in [1.807, 2.05) is 39.8 Å². The molecule has 0 bridgehead atoms. The Kier molecular flexibility index (Phi) is 10.6. The third-order valence-electron chi connectivity index (χ3n) is 9.46. The number of aromatic carboxylic acids is 1. The average Bonchev–Trinajstić information content (AvgIpc) is 3.52. The van der Waals surface area contributed by atoms with Crippen LogP contribution in [0.5, 0.6) is 23.0 Å². The molecule has 1 amide bonds. The van der Waals surface area contributed by atoms with Crippen LogP contribution in [0.15, 0.2) is 97.2 Å². The molecule has 280 valence electrons. The van der Waals surface area contributed by atoms with Crippen LogP contribution in [-0.4, -0.2) is 59.7 Å². The number of rotatable bonds is 11. The van der Waals surface area contributed by atoms with E-state index in [4.69, 9.17) is 33.5 Å².